The van der Waals surface area contributed by atoms with E-state index in [9.17, 15) is 0 Å². The van der Waals surface area contributed by atoms with Gasteiger partial charge in [0.25, 0.3) is 0 Å². The van der Waals surface area contributed by atoms with E-state index >= 15 is 0 Å². The van der Waals surface area contributed by atoms with Gasteiger partial charge in [0.2, 0.25) is 0 Å². The lowest BCUT2D eigenvalue weighted by molar-refractivity contribution is 0.170. The second kappa shape index (κ2) is 7.14. The fraction of sp³-hybridized carbons (Fsp3) is 0.360. The molecule has 4 rings (SSSR count). The molecule has 0 saturated carbocycles. The lowest BCUT2D eigenvalue weighted by atomic mass is 9.79. The van der Waals surface area contributed by atoms with Gasteiger partial charge >= 0.3 is 0 Å². The van der Waals surface area contributed by atoms with Gasteiger partial charge in [0, 0.05) is 28.2 Å². The monoisotopic (exact) mass is 374 g/mol. The highest BCUT2D eigenvalue weighted by molar-refractivity contribution is 5.88. The van der Waals surface area contributed by atoms with Crippen LogP contribution in [0.4, 0.5) is 5.69 Å². The molecule has 1 aliphatic rings. The normalized spacial score (nSPS) is 18.7. The van der Waals surface area contributed by atoms with Crippen molar-refractivity contribution in [3.8, 4) is 11.5 Å². The molecular weight excluding hydrogens is 344 g/mol. The number of anilines is 1. The molecule has 0 unspecified atom stereocenters. The highest BCUT2D eigenvalue weighted by Gasteiger charge is 2.37. The van der Waals surface area contributed by atoms with E-state index in [2.05, 4.69) is 74.7 Å². The van der Waals surface area contributed by atoms with E-state index in [1.165, 1.54) is 5.39 Å². The van der Waals surface area contributed by atoms with E-state index in [-0.39, 0.29) is 11.1 Å². The van der Waals surface area contributed by atoms with Crippen molar-refractivity contribution in [3.05, 3.63) is 66.7 Å². The molecule has 0 aromatic heterocycles. The van der Waals surface area contributed by atoms with Crippen LogP contribution in [0.5, 0.6) is 11.5 Å². The molecule has 0 spiro atoms. The molecule has 28 heavy (non-hydrogen) atoms. The zero-order valence-corrected chi connectivity index (χ0v) is 17.3. The van der Waals surface area contributed by atoms with E-state index in [1.54, 1.807) is 0 Å². The molecule has 1 saturated heterocycles. The minimum absolute atomic E-state index is 0.136. The number of rotatable bonds is 4. The van der Waals surface area contributed by atoms with Gasteiger partial charge < -0.3 is 15.4 Å². The Morgan fingerprint density at radius 2 is 1.46 bits per heavy atom. The summed E-state index contributed by atoms with van der Waals surface area (Å²) in [6.07, 6.45) is 2.20. The maximum absolute atomic E-state index is 6.17. The second-order valence-electron chi connectivity index (χ2n) is 9.25. The SMILES string of the molecule is CC1(C)CC(Nc2ccc(Oc3cccc4ccccc34)cc2)CC(C)(C)N1. The Morgan fingerprint density at radius 1 is 0.821 bits per heavy atom. The van der Waals surface area contributed by atoms with Gasteiger partial charge in [-0.2, -0.15) is 0 Å². The van der Waals surface area contributed by atoms with E-state index in [0.717, 1.165) is 35.4 Å². The Bertz CT molecular complexity index is 938. The topological polar surface area (TPSA) is 33.3 Å². The molecule has 0 aliphatic carbocycles. The number of ether oxygens (including phenoxy) is 1. The number of hydrogen-bond donors (Lipinski definition) is 2. The molecule has 1 fully saturated rings. The predicted octanol–water partition coefficient (Wildman–Crippen LogP) is 6.35. The van der Waals surface area contributed by atoms with Crippen LogP contribution in [-0.4, -0.2) is 17.1 Å². The lowest BCUT2D eigenvalue weighted by Gasteiger charge is -2.47. The third-order valence-corrected chi connectivity index (χ3v) is 5.39. The van der Waals surface area contributed by atoms with Crippen LogP contribution in [0.15, 0.2) is 66.7 Å². The van der Waals surface area contributed by atoms with Crippen LogP contribution in [-0.2, 0) is 0 Å². The maximum Gasteiger partial charge on any atom is 0.135 e. The van der Waals surface area contributed by atoms with Gasteiger partial charge in [-0.25, -0.2) is 0 Å². The third kappa shape index (κ3) is 4.31. The summed E-state index contributed by atoms with van der Waals surface area (Å²) in [6, 6.07) is 23.2. The highest BCUT2D eigenvalue weighted by Crippen LogP contribution is 2.32. The summed E-state index contributed by atoms with van der Waals surface area (Å²) in [5, 5.41) is 9.78. The first-order valence-electron chi connectivity index (χ1n) is 10.1. The second-order valence-corrected chi connectivity index (χ2v) is 9.25. The van der Waals surface area contributed by atoms with Crippen molar-refractivity contribution in [2.75, 3.05) is 5.32 Å². The Morgan fingerprint density at radius 3 is 2.18 bits per heavy atom. The summed E-state index contributed by atoms with van der Waals surface area (Å²) in [5.41, 5.74) is 1.41. The van der Waals surface area contributed by atoms with Gasteiger partial charge in [-0.3, -0.25) is 0 Å². The molecular formula is C25H30N2O. The molecule has 1 aliphatic heterocycles. The van der Waals surface area contributed by atoms with E-state index < -0.39 is 0 Å². The van der Waals surface area contributed by atoms with Crippen molar-refractivity contribution < 1.29 is 4.74 Å². The Hall–Kier alpha value is -2.52. The fourth-order valence-corrected chi connectivity index (χ4v) is 4.69. The summed E-state index contributed by atoms with van der Waals surface area (Å²) >= 11 is 0. The highest BCUT2D eigenvalue weighted by atomic mass is 16.5. The quantitative estimate of drug-likeness (QED) is 0.558. The van der Waals surface area contributed by atoms with Crippen LogP contribution < -0.4 is 15.4 Å². The predicted molar refractivity (Wildman–Crippen MR) is 118 cm³/mol. The van der Waals surface area contributed by atoms with Gasteiger partial charge in [-0.05, 0) is 76.3 Å². The molecule has 3 aromatic rings. The van der Waals surface area contributed by atoms with Crippen LogP contribution in [0.3, 0.4) is 0 Å². The standard InChI is InChI=1S/C25H30N2O/c1-24(2)16-20(17-25(3,4)27-24)26-19-12-14-21(15-13-19)28-23-11-7-9-18-8-5-6-10-22(18)23/h5-15,20,26-27H,16-17H2,1-4H3. The average Bonchev–Trinajstić information content (AvgIpc) is 2.61. The number of fused-ring (bicyclic) bond motifs is 1. The van der Waals surface area contributed by atoms with Crippen molar-refractivity contribution in [2.24, 2.45) is 0 Å². The summed E-state index contributed by atoms with van der Waals surface area (Å²) in [5.74, 6) is 1.74. The smallest absolute Gasteiger partial charge is 0.135 e. The number of nitrogens with one attached hydrogen (secondary N) is 2. The Kier molecular flexibility index (Phi) is 4.80. The molecule has 2 N–H and O–H groups in total. The molecule has 0 radical (unpaired) electrons. The largest absolute Gasteiger partial charge is 0.457 e. The van der Waals surface area contributed by atoms with Crippen molar-refractivity contribution in [1.82, 2.24) is 5.32 Å². The van der Waals surface area contributed by atoms with Crippen molar-refractivity contribution >= 4 is 16.5 Å². The first kappa shape index (κ1) is 18.8. The third-order valence-electron chi connectivity index (χ3n) is 5.39. The molecule has 3 aromatic carbocycles. The fourth-order valence-electron chi connectivity index (χ4n) is 4.69. The van der Waals surface area contributed by atoms with E-state index in [0.29, 0.717) is 6.04 Å². The van der Waals surface area contributed by atoms with Gasteiger partial charge in [-0.1, -0.05) is 36.4 Å². The zero-order chi connectivity index (χ0) is 19.8. The lowest BCUT2D eigenvalue weighted by Crippen LogP contribution is -2.60. The molecule has 0 amide bonds. The van der Waals surface area contributed by atoms with Crippen molar-refractivity contribution in [3.63, 3.8) is 0 Å². The van der Waals surface area contributed by atoms with Crippen LogP contribution in [0, 0.1) is 0 Å². The molecule has 1 heterocycles. The summed E-state index contributed by atoms with van der Waals surface area (Å²) in [7, 11) is 0. The molecule has 146 valence electrons. The van der Waals surface area contributed by atoms with Crippen molar-refractivity contribution in [1.29, 1.82) is 0 Å². The van der Waals surface area contributed by atoms with Crippen LogP contribution in [0.1, 0.15) is 40.5 Å². The summed E-state index contributed by atoms with van der Waals surface area (Å²) in [4.78, 5) is 0. The molecule has 0 bridgehead atoms. The minimum atomic E-state index is 0.136. The summed E-state index contributed by atoms with van der Waals surface area (Å²) < 4.78 is 6.17. The first-order valence-corrected chi connectivity index (χ1v) is 10.1. The van der Waals surface area contributed by atoms with Gasteiger partial charge in [0.1, 0.15) is 11.5 Å². The number of piperidine rings is 1. The number of hydrogen-bond acceptors (Lipinski definition) is 3. The van der Waals surface area contributed by atoms with Crippen LogP contribution >= 0.6 is 0 Å². The maximum atomic E-state index is 6.17. The molecule has 0 atom stereocenters. The number of benzene rings is 3. The minimum Gasteiger partial charge on any atom is -0.457 e. The zero-order valence-electron chi connectivity index (χ0n) is 17.3. The van der Waals surface area contributed by atoms with Gasteiger partial charge in [0.05, 0.1) is 0 Å². The van der Waals surface area contributed by atoms with Gasteiger partial charge in [0.15, 0.2) is 0 Å². The first-order chi connectivity index (χ1) is 13.3. The van der Waals surface area contributed by atoms with E-state index in [4.69, 9.17) is 4.74 Å². The van der Waals surface area contributed by atoms with Crippen LogP contribution in [0.25, 0.3) is 10.8 Å². The van der Waals surface area contributed by atoms with Gasteiger partial charge in [-0.15, -0.1) is 0 Å². The average molecular weight is 375 g/mol. The van der Waals surface area contributed by atoms with Crippen LogP contribution in [0.2, 0.25) is 0 Å². The Labute approximate surface area is 168 Å². The summed E-state index contributed by atoms with van der Waals surface area (Å²) in [6.45, 7) is 9.13. The van der Waals surface area contributed by atoms with E-state index in [1.807, 2.05) is 30.3 Å². The Balaban J connectivity index is 1.47. The van der Waals surface area contributed by atoms with Crippen molar-refractivity contribution in [2.45, 2.75) is 57.7 Å². The molecule has 3 heteroatoms. The molecule has 3 nitrogen and oxygen atoms in total.